The van der Waals surface area contributed by atoms with E-state index in [-0.39, 0.29) is 29.6 Å². The summed E-state index contributed by atoms with van der Waals surface area (Å²) in [5.41, 5.74) is 4.15. The van der Waals surface area contributed by atoms with Crippen molar-refractivity contribution in [1.82, 2.24) is 0 Å². The number of nitrogens with zero attached hydrogens (tertiary/aromatic N) is 1. The van der Waals surface area contributed by atoms with Gasteiger partial charge in [0.2, 0.25) is 11.8 Å². The number of hydrogen-bond donors (Lipinski definition) is 1. The highest BCUT2D eigenvalue weighted by atomic mass is 16.2. The fourth-order valence-corrected chi connectivity index (χ4v) is 4.99. The predicted octanol–water partition coefficient (Wildman–Crippen LogP) is 4.99. The highest BCUT2D eigenvalue weighted by Gasteiger charge is 2.49. The van der Waals surface area contributed by atoms with Gasteiger partial charge in [0, 0.05) is 11.3 Å². The van der Waals surface area contributed by atoms with Crippen molar-refractivity contribution < 1.29 is 14.4 Å². The summed E-state index contributed by atoms with van der Waals surface area (Å²) in [6, 6.07) is 12.9. The standard InChI is InChI=1S/C26H30N2O3/c1-4-17-7-6-8-18(5-2)23(17)27-24(29)19-10-12-20(13-11-19)28-25(30)21-14-9-16(3)15-22(21)26(28)31/h6-8,10-13,16,21-22H,4-5,9,14-15H2,1-3H3,(H,27,29)/t16-,21+,22-/m0/s1. The zero-order chi connectivity index (χ0) is 22.1. The number of fused-ring (bicyclic) bond motifs is 1. The van der Waals surface area contributed by atoms with Crippen LogP contribution in [0.5, 0.6) is 0 Å². The molecule has 162 valence electrons. The molecule has 0 spiro atoms. The third kappa shape index (κ3) is 3.89. The van der Waals surface area contributed by atoms with Crippen LogP contribution >= 0.6 is 0 Å². The maximum atomic E-state index is 12.9. The number of nitrogens with one attached hydrogen (secondary N) is 1. The number of para-hydroxylation sites is 1. The lowest BCUT2D eigenvalue weighted by Crippen LogP contribution is -2.30. The van der Waals surface area contributed by atoms with Crippen molar-refractivity contribution >= 4 is 29.1 Å². The van der Waals surface area contributed by atoms with Gasteiger partial charge in [0.25, 0.3) is 5.91 Å². The molecule has 5 nitrogen and oxygen atoms in total. The average molecular weight is 419 g/mol. The molecule has 2 aromatic carbocycles. The highest BCUT2D eigenvalue weighted by Crippen LogP contribution is 2.42. The zero-order valence-electron chi connectivity index (χ0n) is 18.5. The van der Waals surface area contributed by atoms with Gasteiger partial charge in [0.05, 0.1) is 17.5 Å². The summed E-state index contributed by atoms with van der Waals surface area (Å²) in [6.07, 6.45) is 4.23. The molecular weight excluding hydrogens is 388 g/mol. The summed E-state index contributed by atoms with van der Waals surface area (Å²) in [4.78, 5) is 40.0. The van der Waals surface area contributed by atoms with Crippen molar-refractivity contribution in [2.75, 3.05) is 10.2 Å². The van der Waals surface area contributed by atoms with E-state index in [4.69, 9.17) is 0 Å². The minimum atomic E-state index is -0.197. The van der Waals surface area contributed by atoms with Crippen LogP contribution in [0.4, 0.5) is 11.4 Å². The Kier molecular flexibility index (Phi) is 5.94. The van der Waals surface area contributed by atoms with Crippen molar-refractivity contribution in [1.29, 1.82) is 0 Å². The van der Waals surface area contributed by atoms with E-state index in [0.29, 0.717) is 17.2 Å². The van der Waals surface area contributed by atoms with Crippen molar-refractivity contribution in [2.45, 2.75) is 52.9 Å². The van der Waals surface area contributed by atoms with Gasteiger partial charge < -0.3 is 5.32 Å². The van der Waals surface area contributed by atoms with Crippen LogP contribution in [0.3, 0.4) is 0 Å². The first-order valence-electron chi connectivity index (χ1n) is 11.3. The molecule has 31 heavy (non-hydrogen) atoms. The van der Waals surface area contributed by atoms with Gasteiger partial charge in [-0.05, 0) is 73.4 Å². The van der Waals surface area contributed by atoms with Gasteiger partial charge >= 0.3 is 0 Å². The summed E-state index contributed by atoms with van der Waals surface area (Å²) in [7, 11) is 0. The molecule has 5 heteroatoms. The number of benzene rings is 2. The van der Waals surface area contributed by atoms with Crippen molar-refractivity contribution in [3.63, 3.8) is 0 Å². The summed E-state index contributed by atoms with van der Waals surface area (Å²) < 4.78 is 0. The number of aryl methyl sites for hydroxylation is 2. The molecule has 3 amide bonds. The van der Waals surface area contributed by atoms with Crippen molar-refractivity contribution in [2.24, 2.45) is 17.8 Å². The Morgan fingerprint density at radius 3 is 2.16 bits per heavy atom. The first-order valence-corrected chi connectivity index (χ1v) is 11.3. The number of imide groups is 1. The van der Waals surface area contributed by atoms with E-state index in [1.54, 1.807) is 24.3 Å². The van der Waals surface area contributed by atoms with E-state index in [1.807, 2.05) is 18.2 Å². The predicted molar refractivity (Wildman–Crippen MR) is 122 cm³/mol. The minimum absolute atomic E-state index is 0.0939. The maximum absolute atomic E-state index is 12.9. The lowest BCUT2D eigenvalue weighted by Gasteiger charge is -2.25. The molecule has 1 saturated carbocycles. The number of amides is 3. The van der Waals surface area contributed by atoms with E-state index in [2.05, 4.69) is 26.1 Å². The quantitative estimate of drug-likeness (QED) is 0.696. The number of carbonyl (C=O) groups is 3. The second-order valence-electron chi connectivity index (χ2n) is 8.80. The smallest absolute Gasteiger partial charge is 0.255 e. The van der Waals surface area contributed by atoms with Gasteiger partial charge in [-0.2, -0.15) is 0 Å². The Morgan fingerprint density at radius 2 is 1.55 bits per heavy atom. The highest BCUT2D eigenvalue weighted by molar-refractivity contribution is 6.22. The molecule has 3 atom stereocenters. The summed E-state index contributed by atoms with van der Waals surface area (Å²) in [6.45, 7) is 6.29. The Labute approximate surface area is 183 Å². The summed E-state index contributed by atoms with van der Waals surface area (Å²) in [5, 5.41) is 3.06. The minimum Gasteiger partial charge on any atom is -0.321 e. The average Bonchev–Trinajstić information content (AvgIpc) is 3.03. The molecule has 1 aliphatic heterocycles. The van der Waals surface area contributed by atoms with Crippen LogP contribution in [0, 0.1) is 17.8 Å². The van der Waals surface area contributed by atoms with Crippen LogP contribution in [-0.4, -0.2) is 17.7 Å². The van der Waals surface area contributed by atoms with E-state index in [9.17, 15) is 14.4 Å². The van der Waals surface area contributed by atoms with Crippen LogP contribution < -0.4 is 10.2 Å². The lowest BCUT2D eigenvalue weighted by atomic mass is 9.76. The molecule has 2 fully saturated rings. The largest absolute Gasteiger partial charge is 0.321 e. The fourth-order valence-electron chi connectivity index (χ4n) is 4.99. The fraction of sp³-hybridized carbons (Fsp3) is 0.423. The van der Waals surface area contributed by atoms with E-state index in [0.717, 1.165) is 48.9 Å². The van der Waals surface area contributed by atoms with Crippen LogP contribution in [-0.2, 0) is 22.4 Å². The molecule has 0 bridgehead atoms. The van der Waals surface area contributed by atoms with Gasteiger partial charge in [-0.15, -0.1) is 0 Å². The molecular formula is C26H30N2O3. The Hall–Kier alpha value is -2.95. The van der Waals surface area contributed by atoms with Gasteiger partial charge in [-0.3, -0.25) is 19.3 Å². The molecule has 2 aromatic rings. The number of anilines is 2. The van der Waals surface area contributed by atoms with E-state index >= 15 is 0 Å². The topological polar surface area (TPSA) is 66.5 Å². The zero-order valence-corrected chi connectivity index (χ0v) is 18.5. The second-order valence-corrected chi connectivity index (χ2v) is 8.80. The first-order chi connectivity index (χ1) is 14.9. The van der Waals surface area contributed by atoms with Gasteiger partial charge in [-0.1, -0.05) is 39.0 Å². The molecule has 0 radical (unpaired) electrons. The number of carbonyl (C=O) groups excluding carboxylic acids is 3. The molecule has 1 heterocycles. The molecule has 2 aliphatic rings. The molecule has 4 rings (SSSR count). The van der Waals surface area contributed by atoms with Crippen LogP contribution in [0.25, 0.3) is 0 Å². The van der Waals surface area contributed by atoms with Crippen molar-refractivity contribution in [3.05, 3.63) is 59.2 Å². The van der Waals surface area contributed by atoms with Crippen LogP contribution in [0.1, 0.15) is 61.5 Å². The van der Waals surface area contributed by atoms with Gasteiger partial charge in [0.1, 0.15) is 0 Å². The molecule has 1 saturated heterocycles. The number of hydrogen-bond acceptors (Lipinski definition) is 3. The van der Waals surface area contributed by atoms with Gasteiger partial charge in [-0.25, -0.2) is 0 Å². The second kappa shape index (κ2) is 8.66. The normalized spacial score (nSPS) is 23.1. The van der Waals surface area contributed by atoms with Crippen LogP contribution in [0.15, 0.2) is 42.5 Å². The number of rotatable bonds is 5. The molecule has 1 N–H and O–H groups in total. The Bertz CT molecular complexity index is 990. The lowest BCUT2D eigenvalue weighted by molar-refractivity contribution is -0.122. The third-order valence-electron chi connectivity index (χ3n) is 6.81. The maximum Gasteiger partial charge on any atom is 0.255 e. The molecule has 0 aromatic heterocycles. The SMILES string of the molecule is CCc1cccc(CC)c1NC(=O)c1ccc(N2C(=O)[C@H]3C[C@@H](C)CC[C@H]3C2=O)cc1. The monoisotopic (exact) mass is 418 g/mol. The first kappa shape index (κ1) is 21.3. The Morgan fingerprint density at radius 1 is 0.935 bits per heavy atom. The molecule has 1 aliphatic carbocycles. The summed E-state index contributed by atoms with van der Waals surface area (Å²) >= 11 is 0. The van der Waals surface area contributed by atoms with Crippen molar-refractivity contribution in [3.8, 4) is 0 Å². The Balaban J connectivity index is 1.53. The summed E-state index contributed by atoms with van der Waals surface area (Å²) in [5.74, 6) is -0.291. The van der Waals surface area contributed by atoms with Crippen LogP contribution in [0.2, 0.25) is 0 Å². The molecule has 0 unspecified atom stereocenters. The van der Waals surface area contributed by atoms with E-state index < -0.39 is 0 Å². The van der Waals surface area contributed by atoms with Gasteiger partial charge in [0.15, 0.2) is 0 Å². The third-order valence-corrected chi connectivity index (χ3v) is 6.81. The van der Waals surface area contributed by atoms with E-state index in [1.165, 1.54) is 4.90 Å².